The van der Waals surface area contributed by atoms with Crippen molar-refractivity contribution in [3.63, 3.8) is 0 Å². The smallest absolute Gasteiger partial charge is 0.320 e. The van der Waals surface area contributed by atoms with Gasteiger partial charge in [-0.15, -0.1) is 0 Å². The first-order valence-corrected chi connectivity index (χ1v) is 6.60. The normalized spacial score (nSPS) is 21.8. The lowest BCUT2D eigenvalue weighted by atomic mass is 10.2. The number of nitrogens with one attached hydrogen (secondary N) is 1. The zero-order chi connectivity index (χ0) is 13.4. The van der Waals surface area contributed by atoms with Crippen molar-refractivity contribution in [3.8, 4) is 0 Å². The maximum Gasteiger partial charge on any atom is 0.320 e. The van der Waals surface area contributed by atoms with Gasteiger partial charge in [-0.05, 0) is 38.4 Å². The van der Waals surface area contributed by atoms with Crippen LogP contribution < -0.4 is 0 Å². The Morgan fingerprint density at radius 1 is 1.53 bits per heavy atom. The Morgan fingerprint density at radius 2 is 2.32 bits per heavy atom. The van der Waals surface area contributed by atoms with Crippen LogP contribution in [0.4, 0.5) is 0 Å². The van der Waals surface area contributed by atoms with Crippen molar-refractivity contribution in [1.82, 2.24) is 14.9 Å². The van der Waals surface area contributed by atoms with Gasteiger partial charge in [0, 0.05) is 0 Å². The average molecular weight is 259 g/mol. The van der Waals surface area contributed by atoms with Gasteiger partial charge >= 0.3 is 5.97 Å². The van der Waals surface area contributed by atoms with E-state index < -0.39 is 5.97 Å². The number of para-hydroxylation sites is 2. The van der Waals surface area contributed by atoms with E-state index in [4.69, 9.17) is 0 Å². The third-order valence-electron chi connectivity index (χ3n) is 3.88. The van der Waals surface area contributed by atoms with Crippen molar-refractivity contribution in [2.24, 2.45) is 0 Å². The second kappa shape index (κ2) is 4.66. The Bertz CT molecular complexity index is 575. The molecule has 0 amide bonds. The van der Waals surface area contributed by atoms with Gasteiger partial charge in [-0.25, -0.2) is 4.98 Å². The largest absolute Gasteiger partial charge is 0.480 e. The number of H-pyrrole nitrogens is 1. The highest BCUT2D eigenvalue weighted by molar-refractivity contribution is 5.75. The average Bonchev–Trinajstić information content (AvgIpc) is 3.04. The van der Waals surface area contributed by atoms with Crippen LogP contribution in [0.2, 0.25) is 0 Å². The van der Waals surface area contributed by atoms with Crippen LogP contribution in [0.25, 0.3) is 11.0 Å². The van der Waals surface area contributed by atoms with Gasteiger partial charge < -0.3 is 10.1 Å². The first kappa shape index (κ1) is 12.2. The van der Waals surface area contributed by atoms with E-state index >= 15 is 0 Å². The van der Waals surface area contributed by atoms with Crippen molar-refractivity contribution in [1.29, 1.82) is 0 Å². The second-order valence-electron chi connectivity index (χ2n) is 5.05. The lowest BCUT2D eigenvalue weighted by Crippen LogP contribution is -2.38. The summed E-state index contributed by atoms with van der Waals surface area (Å²) in [6.45, 7) is 2.83. The van der Waals surface area contributed by atoms with Crippen molar-refractivity contribution < 1.29 is 9.90 Å². The third kappa shape index (κ3) is 2.10. The fraction of sp³-hybridized carbons (Fsp3) is 0.429. The summed E-state index contributed by atoms with van der Waals surface area (Å²) < 4.78 is 0. The SMILES string of the molecule is CC(c1nc2ccccc2[nH]1)N1CCCC1C(=O)O. The summed E-state index contributed by atoms with van der Waals surface area (Å²) >= 11 is 0. The van der Waals surface area contributed by atoms with Gasteiger partial charge in [0.15, 0.2) is 0 Å². The van der Waals surface area contributed by atoms with E-state index in [0.717, 1.165) is 36.2 Å². The van der Waals surface area contributed by atoms with Gasteiger partial charge in [-0.3, -0.25) is 9.69 Å². The van der Waals surface area contributed by atoms with Crippen LogP contribution in [-0.2, 0) is 4.79 Å². The monoisotopic (exact) mass is 259 g/mol. The van der Waals surface area contributed by atoms with E-state index in [0.29, 0.717) is 0 Å². The van der Waals surface area contributed by atoms with Crippen LogP contribution in [0.3, 0.4) is 0 Å². The van der Waals surface area contributed by atoms with Gasteiger partial charge in [-0.2, -0.15) is 0 Å². The van der Waals surface area contributed by atoms with Crippen molar-refractivity contribution in [2.75, 3.05) is 6.54 Å². The first-order valence-electron chi connectivity index (χ1n) is 6.60. The van der Waals surface area contributed by atoms with Gasteiger partial charge in [0.05, 0.1) is 17.1 Å². The Morgan fingerprint density at radius 3 is 3.05 bits per heavy atom. The standard InChI is InChI=1S/C14H17N3O2/c1-9(17-8-4-7-12(17)14(18)19)13-15-10-5-2-3-6-11(10)16-13/h2-3,5-6,9,12H,4,7-8H2,1H3,(H,15,16)(H,18,19). The Labute approximate surface area is 111 Å². The highest BCUT2D eigenvalue weighted by Crippen LogP contribution is 2.28. The number of hydrogen-bond donors (Lipinski definition) is 2. The number of aromatic amines is 1. The first-order chi connectivity index (χ1) is 9.16. The summed E-state index contributed by atoms with van der Waals surface area (Å²) in [6, 6.07) is 7.47. The number of carboxylic acids is 1. The number of aliphatic carboxylic acids is 1. The van der Waals surface area contributed by atoms with Crippen molar-refractivity contribution >= 4 is 17.0 Å². The maximum absolute atomic E-state index is 11.2. The van der Waals surface area contributed by atoms with Crippen LogP contribution in [0.1, 0.15) is 31.6 Å². The minimum atomic E-state index is -0.736. The summed E-state index contributed by atoms with van der Waals surface area (Å²) in [4.78, 5) is 21.1. The molecule has 1 aromatic heterocycles. The summed E-state index contributed by atoms with van der Waals surface area (Å²) in [7, 11) is 0. The predicted octanol–water partition coefficient (Wildman–Crippen LogP) is 2.17. The molecule has 1 fully saturated rings. The van der Waals surface area contributed by atoms with Crippen LogP contribution in [0.5, 0.6) is 0 Å². The molecule has 5 nitrogen and oxygen atoms in total. The van der Waals surface area contributed by atoms with E-state index in [-0.39, 0.29) is 12.1 Å². The number of benzene rings is 1. The van der Waals surface area contributed by atoms with Crippen LogP contribution in [0, 0.1) is 0 Å². The Balaban J connectivity index is 1.90. The number of rotatable bonds is 3. The van der Waals surface area contributed by atoms with Crippen LogP contribution >= 0.6 is 0 Å². The molecule has 2 heterocycles. The molecule has 0 aliphatic carbocycles. The zero-order valence-corrected chi connectivity index (χ0v) is 10.8. The molecule has 2 atom stereocenters. The number of fused-ring (bicyclic) bond motifs is 1. The fourth-order valence-electron chi connectivity index (χ4n) is 2.85. The van der Waals surface area contributed by atoms with Crippen LogP contribution in [0.15, 0.2) is 24.3 Å². The molecule has 1 aliphatic rings. The molecule has 0 spiro atoms. The lowest BCUT2D eigenvalue weighted by molar-refractivity contribution is -0.142. The highest BCUT2D eigenvalue weighted by atomic mass is 16.4. The molecule has 0 saturated carbocycles. The minimum Gasteiger partial charge on any atom is -0.480 e. The van der Waals surface area contributed by atoms with Gasteiger partial charge in [0.1, 0.15) is 11.9 Å². The van der Waals surface area contributed by atoms with E-state index in [9.17, 15) is 9.90 Å². The molecule has 5 heteroatoms. The number of imidazole rings is 1. The number of likely N-dealkylation sites (tertiary alicyclic amines) is 1. The fourth-order valence-corrected chi connectivity index (χ4v) is 2.85. The van der Waals surface area contributed by atoms with E-state index in [2.05, 4.69) is 9.97 Å². The number of carboxylic acid groups (broad SMARTS) is 1. The number of aromatic nitrogens is 2. The summed E-state index contributed by atoms with van der Waals surface area (Å²) in [6.07, 6.45) is 1.65. The molecule has 1 aliphatic heterocycles. The van der Waals surface area contributed by atoms with E-state index in [1.54, 1.807) is 0 Å². The Kier molecular flexibility index (Phi) is 2.98. The summed E-state index contributed by atoms with van der Waals surface area (Å²) in [5, 5.41) is 9.25. The molecule has 2 N–H and O–H groups in total. The van der Waals surface area contributed by atoms with Crippen LogP contribution in [-0.4, -0.2) is 38.5 Å². The van der Waals surface area contributed by atoms with E-state index in [1.165, 1.54) is 0 Å². The zero-order valence-electron chi connectivity index (χ0n) is 10.8. The van der Waals surface area contributed by atoms with Crippen molar-refractivity contribution in [3.05, 3.63) is 30.1 Å². The topological polar surface area (TPSA) is 69.2 Å². The number of hydrogen-bond acceptors (Lipinski definition) is 3. The molecule has 100 valence electrons. The second-order valence-corrected chi connectivity index (χ2v) is 5.05. The van der Waals surface area contributed by atoms with Gasteiger partial charge in [0.2, 0.25) is 0 Å². The Hall–Kier alpha value is -1.88. The minimum absolute atomic E-state index is 0.00370. The molecule has 1 saturated heterocycles. The number of nitrogens with zero attached hydrogens (tertiary/aromatic N) is 2. The molecule has 1 aromatic carbocycles. The highest BCUT2D eigenvalue weighted by Gasteiger charge is 2.35. The number of carbonyl (C=O) groups is 1. The molecule has 0 radical (unpaired) electrons. The molecule has 2 aromatic rings. The molecule has 19 heavy (non-hydrogen) atoms. The molecule has 0 bridgehead atoms. The molecular weight excluding hydrogens is 242 g/mol. The summed E-state index contributed by atoms with van der Waals surface area (Å²) in [5.74, 6) is 0.106. The predicted molar refractivity (Wildman–Crippen MR) is 71.9 cm³/mol. The van der Waals surface area contributed by atoms with Crippen molar-refractivity contribution in [2.45, 2.75) is 31.8 Å². The lowest BCUT2D eigenvalue weighted by Gasteiger charge is -2.26. The quantitative estimate of drug-likeness (QED) is 0.886. The summed E-state index contributed by atoms with van der Waals surface area (Å²) in [5.41, 5.74) is 1.92. The molecular formula is C14H17N3O2. The maximum atomic E-state index is 11.2. The van der Waals surface area contributed by atoms with E-state index in [1.807, 2.05) is 36.1 Å². The third-order valence-corrected chi connectivity index (χ3v) is 3.88. The van der Waals surface area contributed by atoms with Gasteiger partial charge in [0.25, 0.3) is 0 Å². The molecule has 2 unspecified atom stereocenters. The van der Waals surface area contributed by atoms with Gasteiger partial charge in [-0.1, -0.05) is 12.1 Å². The molecule has 3 rings (SSSR count).